The van der Waals surface area contributed by atoms with Gasteiger partial charge in [-0.15, -0.1) is 0 Å². The minimum Gasteiger partial charge on any atom is -0.384 e. The summed E-state index contributed by atoms with van der Waals surface area (Å²) in [6.07, 6.45) is 1.81. The van der Waals surface area contributed by atoms with E-state index >= 15 is 0 Å². The number of urea groups is 1. The molecule has 2 amide bonds. The van der Waals surface area contributed by atoms with Gasteiger partial charge in [0, 0.05) is 41.1 Å². The van der Waals surface area contributed by atoms with E-state index in [2.05, 4.69) is 10.6 Å². The molecule has 1 unspecified atom stereocenters. The van der Waals surface area contributed by atoms with Crippen molar-refractivity contribution in [2.45, 2.75) is 38.5 Å². The van der Waals surface area contributed by atoms with Crippen molar-refractivity contribution in [1.82, 2.24) is 5.32 Å². The molecule has 0 bridgehead atoms. The Labute approximate surface area is 135 Å². The summed E-state index contributed by atoms with van der Waals surface area (Å²) in [5.41, 5.74) is 1.65. The summed E-state index contributed by atoms with van der Waals surface area (Å²) in [7, 11) is 0.640. The Morgan fingerprint density at radius 2 is 2.05 bits per heavy atom. The van der Waals surface area contributed by atoms with Crippen molar-refractivity contribution in [1.29, 1.82) is 0 Å². The Hall–Kier alpha value is -1.40. The molecule has 5 nitrogen and oxygen atoms in total. The Bertz CT molecular complexity index is 490. The van der Waals surface area contributed by atoms with Crippen LogP contribution in [0.2, 0.25) is 0 Å². The van der Waals surface area contributed by atoms with E-state index in [9.17, 15) is 9.00 Å². The summed E-state index contributed by atoms with van der Waals surface area (Å²) >= 11 is 0. The lowest BCUT2D eigenvalue weighted by Crippen LogP contribution is -2.37. The largest absolute Gasteiger partial charge is 0.384 e. The Morgan fingerprint density at radius 1 is 1.32 bits per heavy atom. The number of hydrogen-bond acceptors (Lipinski definition) is 3. The van der Waals surface area contributed by atoms with Gasteiger partial charge in [-0.05, 0) is 30.5 Å². The second kappa shape index (κ2) is 10.3. The van der Waals surface area contributed by atoms with Crippen molar-refractivity contribution in [3.63, 3.8) is 0 Å². The Kier molecular flexibility index (Phi) is 8.77. The first-order valence-electron chi connectivity index (χ1n) is 7.59. The van der Waals surface area contributed by atoms with Gasteiger partial charge in [-0.1, -0.05) is 26.0 Å². The number of amides is 2. The fourth-order valence-electron chi connectivity index (χ4n) is 2.02. The maximum atomic E-state index is 11.9. The van der Waals surface area contributed by atoms with Crippen molar-refractivity contribution in [3.8, 4) is 0 Å². The summed E-state index contributed by atoms with van der Waals surface area (Å²) in [4.78, 5) is 11.9. The van der Waals surface area contributed by atoms with Gasteiger partial charge in [-0.3, -0.25) is 4.21 Å². The standard InChI is InChI=1S/C16H26N2O3S/c1-4-14(5-2)17-16(19)18-15-8-6-7-13(11-15)12-22(20)10-9-21-3/h6-8,11,14H,4-5,9-10,12H2,1-3H3,(H2,17,18,19). The van der Waals surface area contributed by atoms with Crippen LogP contribution < -0.4 is 10.6 Å². The van der Waals surface area contributed by atoms with E-state index in [0.717, 1.165) is 18.4 Å². The number of methoxy groups -OCH3 is 1. The van der Waals surface area contributed by atoms with Gasteiger partial charge in [-0.25, -0.2) is 4.79 Å². The summed E-state index contributed by atoms with van der Waals surface area (Å²) in [6.45, 7) is 4.58. The van der Waals surface area contributed by atoms with Gasteiger partial charge in [-0.2, -0.15) is 0 Å². The highest BCUT2D eigenvalue weighted by atomic mass is 32.2. The summed E-state index contributed by atoms with van der Waals surface area (Å²) in [6, 6.07) is 7.44. The van der Waals surface area contributed by atoms with E-state index in [1.807, 2.05) is 38.1 Å². The zero-order valence-electron chi connectivity index (χ0n) is 13.6. The van der Waals surface area contributed by atoms with Gasteiger partial charge < -0.3 is 15.4 Å². The van der Waals surface area contributed by atoms with Gasteiger partial charge in [0.25, 0.3) is 0 Å². The molecule has 0 aromatic heterocycles. The monoisotopic (exact) mass is 326 g/mol. The van der Waals surface area contributed by atoms with Gasteiger partial charge in [0.15, 0.2) is 0 Å². The van der Waals surface area contributed by atoms with Crippen LogP contribution in [-0.2, 0) is 21.3 Å². The van der Waals surface area contributed by atoms with E-state index in [4.69, 9.17) is 4.74 Å². The first kappa shape index (κ1) is 18.6. The zero-order chi connectivity index (χ0) is 16.4. The maximum Gasteiger partial charge on any atom is 0.319 e. The molecular weight excluding hydrogens is 300 g/mol. The average molecular weight is 326 g/mol. The van der Waals surface area contributed by atoms with E-state index in [1.165, 1.54) is 0 Å². The fourth-order valence-corrected chi connectivity index (χ4v) is 3.07. The van der Waals surface area contributed by atoms with Crippen LogP contribution in [0.1, 0.15) is 32.3 Å². The lowest BCUT2D eigenvalue weighted by Gasteiger charge is -2.15. The zero-order valence-corrected chi connectivity index (χ0v) is 14.4. The highest BCUT2D eigenvalue weighted by molar-refractivity contribution is 7.84. The predicted octanol–water partition coefficient (Wildman–Crippen LogP) is 2.89. The number of carbonyl (C=O) groups excluding carboxylic acids is 1. The maximum absolute atomic E-state index is 11.9. The molecule has 0 saturated heterocycles. The number of anilines is 1. The minimum atomic E-state index is -0.957. The molecule has 0 radical (unpaired) electrons. The third-order valence-electron chi connectivity index (χ3n) is 3.35. The molecule has 0 aliphatic rings. The molecule has 1 aromatic rings. The molecular formula is C16H26N2O3S. The Morgan fingerprint density at radius 3 is 2.68 bits per heavy atom. The number of rotatable bonds is 9. The average Bonchev–Trinajstić information content (AvgIpc) is 2.50. The molecule has 6 heteroatoms. The quantitative estimate of drug-likeness (QED) is 0.733. The molecule has 0 aliphatic carbocycles. The molecule has 0 aliphatic heterocycles. The van der Waals surface area contributed by atoms with Crippen molar-refractivity contribution in [3.05, 3.63) is 29.8 Å². The molecule has 22 heavy (non-hydrogen) atoms. The lowest BCUT2D eigenvalue weighted by atomic mass is 10.2. The Balaban J connectivity index is 2.56. The molecule has 0 fully saturated rings. The molecule has 0 heterocycles. The van der Waals surface area contributed by atoms with Crippen LogP contribution in [0.3, 0.4) is 0 Å². The van der Waals surface area contributed by atoms with E-state index in [-0.39, 0.29) is 12.1 Å². The molecule has 2 N–H and O–H groups in total. The van der Waals surface area contributed by atoms with Gasteiger partial charge >= 0.3 is 6.03 Å². The molecule has 1 aromatic carbocycles. The van der Waals surface area contributed by atoms with Crippen LogP contribution in [0.5, 0.6) is 0 Å². The summed E-state index contributed by atoms with van der Waals surface area (Å²) in [5, 5.41) is 5.75. The van der Waals surface area contributed by atoms with Gasteiger partial charge in [0.1, 0.15) is 0 Å². The topological polar surface area (TPSA) is 67.4 Å². The first-order valence-corrected chi connectivity index (χ1v) is 9.08. The molecule has 1 rings (SSSR count). The van der Waals surface area contributed by atoms with Crippen LogP contribution in [-0.4, -0.2) is 35.8 Å². The van der Waals surface area contributed by atoms with Crippen molar-refractivity contribution < 1.29 is 13.7 Å². The van der Waals surface area contributed by atoms with Crippen molar-refractivity contribution >= 4 is 22.5 Å². The number of carbonyl (C=O) groups is 1. The van der Waals surface area contributed by atoms with Crippen LogP contribution in [0.25, 0.3) is 0 Å². The van der Waals surface area contributed by atoms with E-state index < -0.39 is 10.8 Å². The second-order valence-electron chi connectivity index (χ2n) is 5.09. The molecule has 1 atom stereocenters. The minimum absolute atomic E-state index is 0.185. The highest BCUT2D eigenvalue weighted by Gasteiger charge is 2.09. The third-order valence-corrected chi connectivity index (χ3v) is 4.63. The first-order chi connectivity index (χ1) is 10.6. The normalized spacial score (nSPS) is 12.2. The van der Waals surface area contributed by atoms with Crippen molar-refractivity contribution in [2.24, 2.45) is 0 Å². The van der Waals surface area contributed by atoms with Crippen LogP contribution in [0, 0.1) is 0 Å². The summed E-state index contributed by atoms with van der Waals surface area (Å²) < 4.78 is 16.8. The van der Waals surface area contributed by atoms with Crippen LogP contribution in [0.4, 0.5) is 10.5 Å². The number of nitrogens with one attached hydrogen (secondary N) is 2. The lowest BCUT2D eigenvalue weighted by molar-refractivity contribution is 0.218. The van der Waals surface area contributed by atoms with Crippen LogP contribution >= 0.6 is 0 Å². The van der Waals surface area contributed by atoms with E-state index in [1.54, 1.807) is 7.11 Å². The van der Waals surface area contributed by atoms with Gasteiger partial charge in [0.2, 0.25) is 0 Å². The van der Waals surface area contributed by atoms with E-state index in [0.29, 0.717) is 23.8 Å². The smallest absolute Gasteiger partial charge is 0.319 e. The number of benzene rings is 1. The number of ether oxygens (including phenoxy) is 1. The highest BCUT2D eigenvalue weighted by Crippen LogP contribution is 2.12. The molecule has 124 valence electrons. The van der Waals surface area contributed by atoms with Crippen LogP contribution in [0.15, 0.2) is 24.3 Å². The molecule has 0 saturated carbocycles. The number of hydrogen-bond donors (Lipinski definition) is 2. The predicted molar refractivity (Wildman–Crippen MR) is 91.6 cm³/mol. The van der Waals surface area contributed by atoms with Gasteiger partial charge in [0.05, 0.1) is 6.61 Å². The van der Waals surface area contributed by atoms with Crippen molar-refractivity contribution in [2.75, 3.05) is 24.8 Å². The fraction of sp³-hybridized carbons (Fsp3) is 0.562. The SMILES string of the molecule is CCC(CC)NC(=O)Nc1cccc(CS(=O)CCOC)c1. The summed E-state index contributed by atoms with van der Waals surface area (Å²) in [5.74, 6) is 0.983. The second-order valence-corrected chi connectivity index (χ2v) is 6.67. The molecule has 0 spiro atoms. The third kappa shape index (κ3) is 7.04.